The SMILES string of the molecule is [B]OC(=O)C1=C(C[N+]23CCC(CNC(=O)c4ccc(OCc5ccc(OC)cc5)c(OCc5ccc(OC)cc5)c4Cl)(CC2)CC3)CS[C@@H]2[C@H](C)C(=O)N12. The molecule has 8 rings (SSSR count). The van der Waals surface area contributed by atoms with Crippen LogP contribution >= 0.6 is 23.4 Å². The number of nitrogens with one attached hydrogen (secondary N) is 1. The molecule has 2 bridgehead atoms. The summed E-state index contributed by atoms with van der Waals surface area (Å²) >= 11 is 8.66. The molecule has 4 saturated heterocycles. The number of carbonyl (C=O) groups is 3. The van der Waals surface area contributed by atoms with Crippen LogP contribution < -0.4 is 24.3 Å². The van der Waals surface area contributed by atoms with Gasteiger partial charge in [0.2, 0.25) is 5.91 Å². The number of halogens is 1. The van der Waals surface area contributed by atoms with Crippen molar-refractivity contribution in [1.82, 2.24) is 10.2 Å². The van der Waals surface area contributed by atoms with E-state index in [0.717, 1.165) is 71.6 Å². The molecule has 2 amide bonds. The number of methoxy groups -OCH3 is 2. The zero-order valence-corrected chi connectivity index (χ0v) is 32.3. The normalized spacial score (nSPS) is 24.3. The van der Waals surface area contributed by atoms with Crippen LogP contribution in [0, 0.1) is 11.3 Å². The van der Waals surface area contributed by atoms with Crippen LogP contribution in [0.15, 0.2) is 71.9 Å². The van der Waals surface area contributed by atoms with E-state index < -0.39 is 5.97 Å². The van der Waals surface area contributed by atoms with E-state index in [9.17, 15) is 14.4 Å². The summed E-state index contributed by atoms with van der Waals surface area (Å²) in [5, 5.41) is 3.32. The van der Waals surface area contributed by atoms with Gasteiger partial charge in [-0.3, -0.25) is 14.5 Å². The molecule has 0 spiro atoms. The fourth-order valence-electron chi connectivity index (χ4n) is 8.03. The number of piperidine rings is 3. The Kier molecular flexibility index (Phi) is 11.1. The number of nitrogens with zero attached hydrogens (tertiary/aromatic N) is 2. The summed E-state index contributed by atoms with van der Waals surface area (Å²) in [5.74, 6) is 1.74. The number of quaternary nitrogens is 1. The zero-order valence-electron chi connectivity index (χ0n) is 30.7. The number of ether oxygens (including phenoxy) is 4. The summed E-state index contributed by atoms with van der Waals surface area (Å²) in [6.45, 7) is 6.28. The number of thioether (sulfide) groups is 1. The quantitative estimate of drug-likeness (QED) is 0.126. The highest BCUT2D eigenvalue weighted by molar-refractivity contribution is 8.00. The molecule has 282 valence electrons. The van der Waals surface area contributed by atoms with Gasteiger partial charge >= 0.3 is 14.0 Å². The minimum absolute atomic E-state index is 0.0417. The van der Waals surface area contributed by atoms with Gasteiger partial charge in [-0.2, -0.15) is 0 Å². The largest absolute Gasteiger partial charge is 0.539 e. The molecule has 5 aliphatic rings. The standard InChI is InChI=1S/C40H43BClN3O8S/c1-25-37(47)44-34(39(48)53-41)28(23-54-38(25)44)20-45-17-14-40(15-18-45,16-19-45)24-43-36(46)31-12-13-32(51-21-26-4-8-29(49-2)9-5-26)35(33(31)42)52-22-27-6-10-30(50-3)11-7-27/h4-13,25,38H,14-24H2,1-3H3/p+1/t25-,38-,40?,45?/m1/s1. The Hall–Kier alpha value is -4.33. The third-order valence-electron chi connectivity index (χ3n) is 11.5. The van der Waals surface area contributed by atoms with E-state index in [4.69, 9.17) is 38.6 Å². The molecule has 11 nitrogen and oxygen atoms in total. The predicted molar refractivity (Wildman–Crippen MR) is 206 cm³/mol. The molecule has 4 fully saturated rings. The van der Waals surface area contributed by atoms with E-state index in [1.807, 2.05) is 55.5 Å². The van der Waals surface area contributed by atoms with Crippen LogP contribution in [0.1, 0.15) is 47.7 Å². The number of amides is 2. The highest BCUT2D eigenvalue weighted by Crippen LogP contribution is 2.48. The first-order valence-corrected chi connectivity index (χ1v) is 19.6. The lowest BCUT2D eigenvalue weighted by atomic mass is 9.70. The third kappa shape index (κ3) is 7.50. The van der Waals surface area contributed by atoms with Gasteiger partial charge in [-0.1, -0.05) is 42.8 Å². The molecule has 0 unspecified atom stereocenters. The molecule has 0 aliphatic carbocycles. The molecule has 2 atom stereocenters. The Morgan fingerprint density at radius 3 is 2.09 bits per heavy atom. The van der Waals surface area contributed by atoms with Crippen molar-refractivity contribution in [3.05, 3.63) is 93.6 Å². The Bertz CT molecular complexity index is 1920. The van der Waals surface area contributed by atoms with Gasteiger partial charge in [0.05, 0.1) is 55.7 Å². The first-order chi connectivity index (χ1) is 26.1. The highest BCUT2D eigenvalue weighted by atomic mass is 35.5. The van der Waals surface area contributed by atoms with Crippen molar-refractivity contribution in [2.45, 2.75) is 44.8 Å². The molecule has 14 heteroatoms. The second-order valence-electron chi connectivity index (χ2n) is 14.7. The van der Waals surface area contributed by atoms with Crippen LogP contribution in [-0.2, 0) is 27.5 Å². The van der Waals surface area contributed by atoms with Crippen LogP contribution in [0.4, 0.5) is 0 Å². The number of benzene rings is 3. The van der Waals surface area contributed by atoms with Gasteiger partial charge in [0.15, 0.2) is 11.5 Å². The van der Waals surface area contributed by atoms with Crippen molar-refractivity contribution in [1.29, 1.82) is 0 Å². The van der Waals surface area contributed by atoms with Crippen LogP contribution in [0.25, 0.3) is 0 Å². The van der Waals surface area contributed by atoms with Crippen LogP contribution in [0.2, 0.25) is 5.02 Å². The van der Waals surface area contributed by atoms with E-state index in [0.29, 0.717) is 35.9 Å². The summed E-state index contributed by atoms with van der Waals surface area (Å²) in [4.78, 5) is 40.9. The van der Waals surface area contributed by atoms with Gasteiger partial charge in [0.25, 0.3) is 5.91 Å². The summed E-state index contributed by atoms with van der Waals surface area (Å²) < 4.78 is 28.5. The summed E-state index contributed by atoms with van der Waals surface area (Å²) in [7, 11) is 8.56. The molecule has 5 heterocycles. The fraction of sp³-hybridized carbons (Fsp3) is 0.425. The maximum Gasteiger partial charge on any atom is 0.378 e. The molecular weight excluding hydrogens is 729 g/mol. The topological polar surface area (TPSA) is 113 Å². The molecule has 1 N–H and O–H groups in total. The zero-order chi connectivity index (χ0) is 38.0. The van der Waals surface area contributed by atoms with Crippen LogP contribution in [-0.4, -0.2) is 93.3 Å². The Morgan fingerprint density at radius 1 is 0.926 bits per heavy atom. The maximum atomic E-state index is 13.8. The lowest BCUT2D eigenvalue weighted by Crippen LogP contribution is -2.65. The van der Waals surface area contributed by atoms with E-state index in [1.54, 1.807) is 43.0 Å². The van der Waals surface area contributed by atoms with Gasteiger partial charge in [-0.25, -0.2) is 4.79 Å². The van der Waals surface area contributed by atoms with E-state index >= 15 is 0 Å². The number of hydrogen-bond donors (Lipinski definition) is 1. The lowest BCUT2D eigenvalue weighted by Gasteiger charge is -2.56. The van der Waals surface area contributed by atoms with Crippen molar-refractivity contribution in [2.75, 3.05) is 52.7 Å². The van der Waals surface area contributed by atoms with Gasteiger partial charge in [0.1, 0.15) is 37.0 Å². The minimum Gasteiger partial charge on any atom is -0.539 e. The number of carbonyl (C=O) groups excluding carboxylic acids is 3. The summed E-state index contributed by atoms with van der Waals surface area (Å²) in [6.07, 6.45) is 2.78. The van der Waals surface area contributed by atoms with Crippen molar-refractivity contribution in [3.8, 4) is 23.0 Å². The number of β-lactam (4-membered cyclic amide) rings is 1. The molecule has 3 aromatic carbocycles. The monoisotopic (exact) mass is 772 g/mol. The molecule has 54 heavy (non-hydrogen) atoms. The van der Waals surface area contributed by atoms with Crippen molar-refractivity contribution < 1.29 is 42.5 Å². The van der Waals surface area contributed by atoms with Gasteiger partial charge in [-0.15, -0.1) is 11.8 Å². The fourth-order valence-corrected chi connectivity index (χ4v) is 9.69. The predicted octanol–water partition coefficient (Wildman–Crippen LogP) is 5.68. The van der Waals surface area contributed by atoms with Gasteiger partial charge in [0, 0.05) is 42.5 Å². The Balaban J connectivity index is 1.02. The molecule has 3 aromatic rings. The molecule has 2 radical (unpaired) electrons. The molecule has 5 aliphatic heterocycles. The van der Waals surface area contributed by atoms with Crippen molar-refractivity contribution in [3.63, 3.8) is 0 Å². The minimum atomic E-state index is -0.649. The maximum absolute atomic E-state index is 13.8. The first-order valence-electron chi connectivity index (χ1n) is 18.1. The van der Waals surface area contributed by atoms with Gasteiger partial charge in [-0.05, 0) is 47.5 Å². The lowest BCUT2D eigenvalue weighted by molar-refractivity contribution is -0.941. The van der Waals surface area contributed by atoms with Crippen molar-refractivity contribution in [2.24, 2.45) is 11.3 Å². The van der Waals surface area contributed by atoms with Gasteiger partial charge < -0.3 is 33.4 Å². The smallest absolute Gasteiger partial charge is 0.378 e. The number of hydrogen-bond acceptors (Lipinski definition) is 9. The summed E-state index contributed by atoms with van der Waals surface area (Å²) in [5.41, 5.74) is 3.34. The average molecular weight is 773 g/mol. The Morgan fingerprint density at radius 2 is 1.52 bits per heavy atom. The van der Waals surface area contributed by atoms with Crippen LogP contribution in [0.5, 0.6) is 23.0 Å². The van der Waals surface area contributed by atoms with E-state index in [1.165, 1.54) is 0 Å². The average Bonchev–Trinajstić information content (AvgIpc) is 3.22. The van der Waals surface area contributed by atoms with E-state index in [2.05, 4.69) is 9.97 Å². The molecular formula is C40H44BClN3O8S+. The van der Waals surface area contributed by atoms with E-state index in [-0.39, 0.29) is 52.5 Å². The third-order valence-corrected chi connectivity index (χ3v) is 13.4. The number of fused-ring (bicyclic) bond motifs is 4. The summed E-state index contributed by atoms with van der Waals surface area (Å²) in [6, 6.07) is 18.5. The Labute approximate surface area is 326 Å². The molecule has 0 saturated carbocycles. The van der Waals surface area contributed by atoms with Crippen molar-refractivity contribution >= 4 is 49.2 Å². The first kappa shape index (κ1) is 38.0. The second-order valence-corrected chi connectivity index (χ2v) is 16.2. The second kappa shape index (κ2) is 15.8. The van der Waals surface area contributed by atoms with Crippen LogP contribution in [0.3, 0.4) is 0 Å². The highest BCUT2D eigenvalue weighted by Gasteiger charge is 2.54. The number of rotatable bonds is 14. The molecule has 0 aromatic heterocycles.